The summed E-state index contributed by atoms with van der Waals surface area (Å²) in [5, 5.41) is 9.01. The molecule has 0 radical (unpaired) electrons. The second-order valence-corrected chi connectivity index (χ2v) is 4.02. The molecule has 1 aliphatic rings. The lowest BCUT2D eigenvalue weighted by Crippen LogP contribution is -2.26. The van der Waals surface area contributed by atoms with Crippen molar-refractivity contribution in [2.75, 3.05) is 0 Å². The van der Waals surface area contributed by atoms with E-state index >= 15 is 0 Å². The van der Waals surface area contributed by atoms with Crippen LogP contribution < -0.4 is 0 Å². The summed E-state index contributed by atoms with van der Waals surface area (Å²) in [5.41, 5.74) is 4.75. The predicted molar refractivity (Wildman–Crippen MR) is 60.0 cm³/mol. The number of H-pyrrole nitrogens is 2. The molecule has 1 aliphatic heterocycles. The zero-order valence-corrected chi connectivity index (χ0v) is 8.74. The lowest BCUT2D eigenvalue weighted by atomic mass is 10.00. The van der Waals surface area contributed by atoms with Gasteiger partial charge < -0.3 is 15.1 Å². The number of rotatable bonds is 1. The Morgan fingerprint density at radius 3 is 3.19 bits per heavy atom. The third-order valence-electron chi connectivity index (χ3n) is 3.00. The minimum Gasteiger partial charge on any atom is -0.480 e. The van der Waals surface area contributed by atoms with Crippen LogP contribution in [0, 0.1) is 0 Å². The Morgan fingerprint density at radius 2 is 2.44 bits per heavy atom. The number of hydrogen-bond acceptors (Lipinski definition) is 2. The summed E-state index contributed by atoms with van der Waals surface area (Å²) in [4.78, 5) is 21.5. The van der Waals surface area contributed by atoms with Crippen LogP contribution in [0.15, 0.2) is 17.3 Å². The SMILES string of the molecule is CC1=N[C@H](C(=O)O)Cc2c1[nH]c1cc[nH]c21. The van der Waals surface area contributed by atoms with Gasteiger partial charge in [0.15, 0.2) is 6.04 Å². The van der Waals surface area contributed by atoms with Crippen LogP contribution in [-0.4, -0.2) is 32.8 Å². The molecule has 0 unspecified atom stereocenters. The quantitative estimate of drug-likeness (QED) is 0.673. The fourth-order valence-electron chi connectivity index (χ4n) is 2.25. The number of aromatic nitrogens is 2. The highest BCUT2D eigenvalue weighted by Gasteiger charge is 2.27. The molecule has 3 N–H and O–H groups in total. The average molecular weight is 217 g/mol. The highest BCUT2D eigenvalue weighted by Crippen LogP contribution is 2.27. The van der Waals surface area contributed by atoms with Gasteiger partial charge in [-0.1, -0.05) is 0 Å². The summed E-state index contributed by atoms with van der Waals surface area (Å²) in [6, 6.07) is 1.28. The molecule has 5 heteroatoms. The number of carboxylic acid groups (broad SMARTS) is 1. The Kier molecular flexibility index (Phi) is 1.71. The first-order valence-electron chi connectivity index (χ1n) is 5.12. The van der Waals surface area contributed by atoms with Crippen LogP contribution in [0.3, 0.4) is 0 Å². The maximum Gasteiger partial charge on any atom is 0.328 e. The smallest absolute Gasteiger partial charge is 0.328 e. The van der Waals surface area contributed by atoms with Gasteiger partial charge in [0.25, 0.3) is 0 Å². The van der Waals surface area contributed by atoms with E-state index in [2.05, 4.69) is 15.0 Å². The van der Waals surface area contributed by atoms with Crippen molar-refractivity contribution in [3.8, 4) is 0 Å². The second kappa shape index (κ2) is 2.98. The Labute approximate surface area is 91.2 Å². The Hall–Kier alpha value is -2.04. The normalized spacial score (nSPS) is 19.6. The van der Waals surface area contributed by atoms with E-state index in [4.69, 9.17) is 5.11 Å². The molecule has 0 saturated carbocycles. The maximum absolute atomic E-state index is 11.0. The van der Waals surface area contributed by atoms with Crippen molar-refractivity contribution in [1.82, 2.24) is 9.97 Å². The summed E-state index contributed by atoms with van der Waals surface area (Å²) in [6.07, 6.45) is 2.29. The number of nitrogens with one attached hydrogen (secondary N) is 2. The monoisotopic (exact) mass is 217 g/mol. The van der Waals surface area contributed by atoms with E-state index in [0.29, 0.717) is 6.42 Å². The molecule has 0 fully saturated rings. The molecule has 0 aromatic carbocycles. The summed E-state index contributed by atoms with van der Waals surface area (Å²) in [5.74, 6) is -0.870. The van der Waals surface area contributed by atoms with E-state index in [1.54, 1.807) is 0 Å². The van der Waals surface area contributed by atoms with Crippen LogP contribution in [0.2, 0.25) is 0 Å². The molecule has 0 aliphatic carbocycles. The van der Waals surface area contributed by atoms with Crippen molar-refractivity contribution in [3.05, 3.63) is 23.5 Å². The van der Waals surface area contributed by atoms with Gasteiger partial charge in [-0.15, -0.1) is 0 Å². The molecule has 2 aromatic rings. The molecule has 2 aromatic heterocycles. The lowest BCUT2D eigenvalue weighted by molar-refractivity contribution is -0.138. The van der Waals surface area contributed by atoms with Crippen molar-refractivity contribution in [1.29, 1.82) is 0 Å². The van der Waals surface area contributed by atoms with Crippen LogP contribution in [0.25, 0.3) is 11.0 Å². The van der Waals surface area contributed by atoms with Gasteiger partial charge in [-0.2, -0.15) is 0 Å². The maximum atomic E-state index is 11.0. The number of nitrogens with zero attached hydrogens (tertiary/aromatic N) is 1. The van der Waals surface area contributed by atoms with E-state index < -0.39 is 12.0 Å². The summed E-state index contributed by atoms with van der Waals surface area (Å²) >= 11 is 0. The number of fused-ring (bicyclic) bond motifs is 3. The molecule has 5 nitrogen and oxygen atoms in total. The van der Waals surface area contributed by atoms with Crippen LogP contribution >= 0.6 is 0 Å². The molecule has 0 amide bonds. The van der Waals surface area contributed by atoms with Gasteiger partial charge in [0.2, 0.25) is 0 Å². The number of hydrogen-bond donors (Lipinski definition) is 3. The number of carbonyl (C=O) groups is 1. The fraction of sp³-hybridized carbons (Fsp3) is 0.273. The van der Waals surface area contributed by atoms with E-state index in [1.165, 1.54) is 0 Å². The minimum atomic E-state index is -0.870. The number of aliphatic imine (C=N–C) groups is 1. The van der Waals surface area contributed by atoms with Gasteiger partial charge in [-0.3, -0.25) is 4.99 Å². The molecule has 0 spiro atoms. The van der Waals surface area contributed by atoms with E-state index in [0.717, 1.165) is 28.0 Å². The summed E-state index contributed by atoms with van der Waals surface area (Å²) in [6.45, 7) is 1.84. The molecular formula is C11H11N3O2. The molecule has 0 bridgehead atoms. The third-order valence-corrected chi connectivity index (χ3v) is 3.00. The van der Waals surface area contributed by atoms with E-state index in [1.807, 2.05) is 19.2 Å². The van der Waals surface area contributed by atoms with Crippen LogP contribution in [0.1, 0.15) is 18.2 Å². The highest BCUT2D eigenvalue weighted by atomic mass is 16.4. The van der Waals surface area contributed by atoms with E-state index in [9.17, 15) is 4.79 Å². The zero-order valence-electron chi connectivity index (χ0n) is 8.74. The molecule has 16 heavy (non-hydrogen) atoms. The Bertz CT molecular complexity index is 606. The predicted octanol–water partition coefficient (Wildman–Crippen LogP) is 1.31. The van der Waals surface area contributed by atoms with Gasteiger partial charge in [0.1, 0.15) is 0 Å². The summed E-state index contributed by atoms with van der Waals surface area (Å²) in [7, 11) is 0. The molecule has 82 valence electrons. The van der Waals surface area contributed by atoms with Gasteiger partial charge in [-0.05, 0) is 13.0 Å². The summed E-state index contributed by atoms with van der Waals surface area (Å²) < 4.78 is 0. The number of aliphatic carboxylic acids is 1. The standard InChI is InChI=1S/C11H11N3O2/c1-5-9-6(4-8(13-5)11(15)16)10-7(14-9)2-3-12-10/h2-3,8,12,14H,4H2,1H3,(H,15,16)/t8-/m0/s1. The van der Waals surface area contributed by atoms with Crippen molar-refractivity contribution in [3.63, 3.8) is 0 Å². The lowest BCUT2D eigenvalue weighted by Gasteiger charge is -2.15. The molecule has 0 saturated heterocycles. The molecule has 3 rings (SSSR count). The zero-order chi connectivity index (χ0) is 11.3. The first kappa shape index (κ1) is 9.21. The minimum absolute atomic E-state index is 0.447. The van der Waals surface area contributed by atoms with Crippen LogP contribution in [0.4, 0.5) is 0 Å². The number of aromatic amines is 2. The molecular weight excluding hydrogens is 206 g/mol. The largest absolute Gasteiger partial charge is 0.480 e. The van der Waals surface area contributed by atoms with Gasteiger partial charge in [0, 0.05) is 18.2 Å². The van der Waals surface area contributed by atoms with Crippen LogP contribution in [-0.2, 0) is 11.2 Å². The number of carboxylic acids is 1. The fourth-order valence-corrected chi connectivity index (χ4v) is 2.25. The van der Waals surface area contributed by atoms with E-state index in [-0.39, 0.29) is 0 Å². The van der Waals surface area contributed by atoms with Crippen LogP contribution in [0.5, 0.6) is 0 Å². The second-order valence-electron chi connectivity index (χ2n) is 4.02. The van der Waals surface area contributed by atoms with Gasteiger partial charge in [0.05, 0.1) is 22.4 Å². The molecule has 3 heterocycles. The van der Waals surface area contributed by atoms with Crippen molar-refractivity contribution < 1.29 is 9.90 Å². The Morgan fingerprint density at radius 1 is 1.62 bits per heavy atom. The Balaban J connectivity index is 2.20. The topological polar surface area (TPSA) is 81.2 Å². The van der Waals surface area contributed by atoms with Gasteiger partial charge in [-0.25, -0.2) is 4.79 Å². The van der Waals surface area contributed by atoms with Crippen molar-refractivity contribution in [2.45, 2.75) is 19.4 Å². The average Bonchev–Trinajstić information content (AvgIpc) is 2.78. The third kappa shape index (κ3) is 1.11. The van der Waals surface area contributed by atoms with Crippen molar-refractivity contribution in [2.24, 2.45) is 4.99 Å². The first-order valence-corrected chi connectivity index (χ1v) is 5.12. The molecule has 1 atom stereocenters. The van der Waals surface area contributed by atoms with Gasteiger partial charge >= 0.3 is 5.97 Å². The van der Waals surface area contributed by atoms with Crippen molar-refractivity contribution >= 4 is 22.7 Å². The highest BCUT2D eigenvalue weighted by molar-refractivity contribution is 6.05. The first-order chi connectivity index (χ1) is 7.66.